The number of thioether (sulfide) groups is 1. The fourth-order valence-electron chi connectivity index (χ4n) is 3.00. The fraction of sp³-hybridized carbons (Fsp3) is 0.200. The molecule has 0 N–H and O–H groups in total. The van der Waals surface area contributed by atoms with Crippen molar-refractivity contribution in [3.8, 4) is 0 Å². The van der Waals surface area contributed by atoms with Gasteiger partial charge in [0, 0.05) is 6.07 Å². The molecule has 0 spiro atoms. The van der Waals surface area contributed by atoms with Gasteiger partial charge in [-0.3, -0.25) is 9.59 Å². The van der Waals surface area contributed by atoms with E-state index in [0.29, 0.717) is 11.3 Å². The van der Waals surface area contributed by atoms with Crippen molar-refractivity contribution in [2.75, 3.05) is 10.7 Å². The summed E-state index contributed by atoms with van der Waals surface area (Å²) in [6.45, 7) is 5.65. The van der Waals surface area contributed by atoms with Crippen LogP contribution in [0.25, 0.3) is 5.57 Å². The maximum Gasteiger partial charge on any atom is 0.272 e. The van der Waals surface area contributed by atoms with Crippen LogP contribution in [-0.2, 0) is 9.59 Å². The molecule has 3 nitrogen and oxygen atoms in total. The van der Waals surface area contributed by atoms with Crippen LogP contribution < -0.4 is 4.90 Å². The summed E-state index contributed by atoms with van der Waals surface area (Å²) in [7, 11) is 0. The van der Waals surface area contributed by atoms with Crippen LogP contribution in [0.2, 0.25) is 0 Å². The number of carbonyl (C=O) groups is 2. The molecule has 0 saturated heterocycles. The minimum atomic E-state index is -0.823. The summed E-state index contributed by atoms with van der Waals surface area (Å²) < 4.78 is 27.8. The van der Waals surface area contributed by atoms with Crippen LogP contribution in [0.15, 0.2) is 41.3 Å². The summed E-state index contributed by atoms with van der Waals surface area (Å²) in [6.07, 6.45) is 0. The Kier molecular flexibility index (Phi) is 4.96. The zero-order chi connectivity index (χ0) is 19.0. The topological polar surface area (TPSA) is 37.4 Å². The number of rotatable bonds is 4. The van der Waals surface area contributed by atoms with E-state index in [9.17, 15) is 18.4 Å². The molecule has 0 radical (unpaired) electrons. The van der Waals surface area contributed by atoms with Crippen molar-refractivity contribution >= 4 is 34.8 Å². The number of hydrogen-bond donors (Lipinski definition) is 0. The van der Waals surface area contributed by atoms with Gasteiger partial charge in [0.25, 0.3) is 11.8 Å². The average molecular weight is 373 g/mol. The number of carbonyl (C=O) groups excluding carboxylic acids is 2. The second kappa shape index (κ2) is 7.03. The minimum absolute atomic E-state index is 0.239. The lowest BCUT2D eigenvalue weighted by Crippen LogP contribution is -2.32. The second-order valence-electron chi connectivity index (χ2n) is 6.00. The summed E-state index contributed by atoms with van der Waals surface area (Å²) in [5.74, 6) is -2.23. The molecule has 0 bridgehead atoms. The molecule has 2 aromatic rings. The summed E-state index contributed by atoms with van der Waals surface area (Å²) >= 11 is 1.23. The zero-order valence-corrected chi connectivity index (χ0v) is 15.4. The molecule has 1 aliphatic heterocycles. The SMILES string of the molecule is CCSC1=C(c2ccc(C)cc2C)C(=O)N(c2cc(F)ccc2F)C1=O. The monoisotopic (exact) mass is 373 g/mol. The number of amides is 2. The van der Waals surface area contributed by atoms with E-state index in [2.05, 4.69) is 0 Å². The van der Waals surface area contributed by atoms with E-state index in [1.807, 2.05) is 32.9 Å². The summed E-state index contributed by atoms with van der Waals surface area (Å²) in [5, 5.41) is 0. The first-order valence-corrected chi connectivity index (χ1v) is 9.12. The van der Waals surface area contributed by atoms with Crippen molar-refractivity contribution in [2.45, 2.75) is 20.8 Å². The van der Waals surface area contributed by atoms with Gasteiger partial charge in [0.05, 0.1) is 16.2 Å². The highest BCUT2D eigenvalue weighted by atomic mass is 32.2. The highest BCUT2D eigenvalue weighted by Crippen LogP contribution is 2.40. The van der Waals surface area contributed by atoms with E-state index < -0.39 is 23.4 Å². The van der Waals surface area contributed by atoms with Gasteiger partial charge < -0.3 is 0 Å². The molecule has 6 heteroatoms. The number of imide groups is 1. The smallest absolute Gasteiger partial charge is 0.268 e. The minimum Gasteiger partial charge on any atom is -0.268 e. The predicted molar refractivity (Wildman–Crippen MR) is 99.8 cm³/mol. The Bertz CT molecular complexity index is 953. The van der Waals surface area contributed by atoms with E-state index in [1.165, 1.54) is 11.8 Å². The van der Waals surface area contributed by atoms with Gasteiger partial charge in [-0.05, 0) is 42.9 Å². The van der Waals surface area contributed by atoms with Crippen LogP contribution in [0.1, 0.15) is 23.6 Å². The van der Waals surface area contributed by atoms with Gasteiger partial charge in [-0.15, -0.1) is 11.8 Å². The van der Waals surface area contributed by atoms with Gasteiger partial charge in [-0.2, -0.15) is 0 Å². The third-order valence-corrected chi connectivity index (χ3v) is 5.09. The summed E-state index contributed by atoms with van der Waals surface area (Å²) in [5.41, 5.74) is 2.37. The number of nitrogens with zero attached hydrogens (tertiary/aromatic N) is 1. The molecule has 0 fully saturated rings. The fourth-order valence-corrected chi connectivity index (χ4v) is 3.84. The maximum atomic E-state index is 14.2. The van der Waals surface area contributed by atoms with E-state index >= 15 is 0 Å². The van der Waals surface area contributed by atoms with Crippen LogP contribution in [0.3, 0.4) is 0 Å². The molecule has 0 aromatic heterocycles. The Hall–Kier alpha value is -2.47. The number of halogens is 2. The Balaban J connectivity index is 2.17. The number of benzene rings is 2. The largest absolute Gasteiger partial charge is 0.272 e. The van der Waals surface area contributed by atoms with Gasteiger partial charge >= 0.3 is 0 Å². The molecular formula is C20H17F2NO2S. The zero-order valence-electron chi connectivity index (χ0n) is 14.6. The first kappa shape index (κ1) is 18.3. The predicted octanol–water partition coefficient (Wildman–Crippen LogP) is 4.62. The van der Waals surface area contributed by atoms with Crippen molar-refractivity contribution < 1.29 is 18.4 Å². The van der Waals surface area contributed by atoms with Crippen molar-refractivity contribution in [1.82, 2.24) is 0 Å². The standard InChI is InChI=1S/C20H17F2NO2S/c1-4-26-18-17(14-7-5-11(2)9-12(14)3)19(24)23(20(18)25)16-10-13(21)6-8-15(16)22/h5-10H,4H2,1-3H3. The molecule has 3 rings (SSSR count). The highest BCUT2D eigenvalue weighted by Gasteiger charge is 2.41. The Labute approximate surface area is 154 Å². The second-order valence-corrected chi connectivity index (χ2v) is 7.27. The lowest BCUT2D eigenvalue weighted by Gasteiger charge is -2.16. The average Bonchev–Trinajstić information content (AvgIpc) is 2.82. The molecule has 0 unspecified atom stereocenters. The molecule has 134 valence electrons. The normalized spacial score (nSPS) is 14.6. The highest BCUT2D eigenvalue weighted by molar-refractivity contribution is 8.04. The Morgan fingerprint density at radius 3 is 2.38 bits per heavy atom. The van der Waals surface area contributed by atoms with E-state index in [0.717, 1.165) is 34.2 Å². The lowest BCUT2D eigenvalue weighted by molar-refractivity contribution is -0.119. The summed E-state index contributed by atoms with van der Waals surface area (Å²) in [4.78, 5) is 26.9. The van der Waals surface area contributed by atoms with Crippen molar-refractivity contribution in [3.05, 3.63) is 69.6 Å². The third kappa shape index (κ3) is 3.05. The maximum absolute atomic E-state index is 14.2. The summed E-state index contributed by atoms with van der Waals surface area (Å²) in [6, 6.07) is 8.28. The molecule has 1 heterocycles. The van der Waals surface area contributed by atoms with Crippen LogP contribution in [0.5, 0.6) is 0 Å². The van der Waals surface area contributed by atoms with Crippen molar-refractivity contribution in [1.29, 1.82) is 0 Å². The molecule has 26 heavy (non-hydrogen) atoms. The van der Waals surface area contributed by atoms with Gasteiger partial charge in [0.15, 0.2) is 0 Å². The Morgan fingerprint density at radius 2 is 1.73 bits per heavy atom. The van der Waals surface area contributed by atoms with Gasteiger partial charge in [-0.1, -0.05) is 30.7 Å². The third-order valence-electron chi connectivity index (χ3n) is 4.13. The van der Waals surface area contributed by atoms with Gasteiger partial charge in [0.2, 0.25) is 0 Å². The molecule has 2 aromatic carbocycles. The molecule has 0 atom stereocenters. The van der Waals surface area contributed by atoms with E-state index in [-0.39, 0.29) is 16.2 Å². The molecule has 2 amide bonds. The molecule has 0 aliphatic carbocycles. The Morgan fingerprint density at radius 1 is 1.00 bits per heavy atom. The first-order chi connectivity index (χ1) is 12.3. The first-order valence-electron chi connectivity index (χ1n) is 8.13. The molecule has 1 aliphatic rings. The van der Waals surface area contributed by atoms with Crippen molar-refractivity contribution in [3.63, 3.8) is 0 Å². The van der Waals surface area contributed by atoms with E-state index in [4.69, 9.17) is 0 Å². The number of anilines is 1. The van der Waals surface area contributed by atoms with Crippen LogP contribution in [0, 0.1) is 25.5 Å². The molecule has 0 saturated carbocycles. The molecular weight excluding hydrogens is 356 g/mol. The lowest BCUT2D eigenvalue weighted by atomic mass is 9.99. The van der Waals surface area contributed by atoms with Crippen molar-refractivity contribution in [2.24, 2.45) is 0 Å². The van der Waals surface area contributed by atoms with Gasteiger partial charge in [-0.25, -0.2) is 13.7 Å². The van der Waals surface area contributed by atoms with Gasteiger partial charge in [0.1, 0.15) is 11.6 Å². The van der Waals surface area contributed by atoms with Crippen LogP contribution in [-0.4, -0.2) is 17.6 Å². The van der Waals surface area contributed by atoms with Crippen LogP contribution >= 0.6 is 11.8 Å². The number of hydrogen-bond acceptors (Lipinski definition) is 3. The quantitative estimate of drug-likeness (QED) is 0.734. The van der Waals surface area contributed by atoms with Crippen LogP contribution in [0.4, 0.5) is 14.5 Å². The number of aryl methyl sites for hydroxylation is 2. The van der Waals surface area contributed by atoms with E-state index in [1.54, 1.807) is 6.07 Å².